The molecule has 0 aliphatic heterocycles. The molecule has 6 heteroatoms. The number of nitrogens with zero attached hydrogens (tertiary/aromatic N) is 1. The van der Waals surface area contributed by atoms with Crippen LogP contribution in [-0.4, -0.2) is 13.4 Å². The summed E-state index contributed by atoms with van der Waals surface area (Å²) >= 11 is 0. The van der Waals surface area contributed by atoms with E-state index in [0.29, 0.717) is 16.7 Å². The Morgan fingerprint density at radius 2 is 1.75 bits per heavy atom. The van der Waals surface area contributed by atoms with Crippen molar-refractivity contribution < 1.29 is 12.8 Å². The van der Waals surface area contributed by atoms with Crippen molar-refractivity contribution in [2.45, 2.75) is 11.8 Å². The molecule has 0 unspecified atom stereocenters. The monoisotopic (exact) mass is 288 g/mol. The lowest BCUT2D eigenvalue weighted by molar-refractivity contribution is 0.590. The van der Waals surface area contributed by atoms with Gasteiger partial charge in [0.1, 0.15) is 5.52 Å². The molecule has 1 heterocycles. The van der Waals surface area contributed by atoms with Gasteiger partial charge in [0.2, 0.25) is 0 Å². The first-order chi connectivity index (χ1) is 9.56. The Hall–Kier alpha value is -2.34. The van der Waals surface area contributed by atoms with E-state index in [1.54, 1.807) is 49.4 Å². The van der Waals surface area contributed by atoms with E-state index in [-0.39, 0.29) is 10.9 Å². The van der Waals surface area contributed by atoms with E-state index >= 15 is 0 Å². The zero-order valence-corrected chi connectivity index (χ0v) is 11.5. The quantitative estimate of drug-likeness (QED) is 0.804. The standard InChI is InChI=1S/C14H12N2O3S/c1-10-6-2-5-9-13(10)20(17,18)16-14-15-11-7-3-4-8-12(11)19-14/h2-9H,1H3,(H,15,16). The topological polar surface area (TPSA) is 72.2 Å². The molecular weight excluding hydrogens is 276 g/mol. The summed E-state index contributed by atoms with van der Waals surface area (Å²) in [7, 11) is -3.70. The maximum absolute atomic E-state index is 12.3. The molecule has 0 saturated carbocycles. The zero-order chi connectivity index (χ0) is 14.2. The Labute approximate surface area is 116 Å². The van der Waals surface area contributed by atoms with Crippen LogP contribution in [0.3, 0.4) is 0 Å². The molecule has 1 aromatic heterocycles. The van der Waals surface area contributed by atoms with Gasteiger partial charge in [0.25, 0.3) is 10.0 Å². The lowest BCUT2D eigenvalue weighted by Gasteiger charge is -2.06. The van der Waals surface area contributed by atoms with E-state index in [1.165, 1.54) is 0 Å². The molecule has 0 saturated heterocycles. The van der Waals surface area contributed by atoms with Gasteiger partial charge >= 0.3 is 6.01 Å². The lowest BCUT2D eigenvalue weighted by Crippen LogP contribution is -2.14. The summed E-state index contributed by atoms with van der Waals surface area (Å²) in [5.41, 5.74) is 1.81. The Morgan fingerprint density at radius 1 is 1.05 bits per heavy atom. The van der Waals surface area contributed by atoms with Crippen LogP contribution in [0, 0.1) is 6.92 Å². The maximum Gasteiger partial charge on any atom is 0.309 e. The molecule has 1 N–H and O–H groups in total. The van der Waals surface area contributed by atoms with Crippen LogP contribution in [0.25, 0.3) is 11.1 Å². The summed E-state index contributed by atoms with van der Waals surface area (Å²) in [4.78, 5) is 4.31. The van der Waals surface area contributed by atoms with E-state index in [2.05, 4.69) is 9.71 Å². The average Bonchev–Trinajstić information content (AvgIpc) is 2.80. The smallest absolute Gasteiger partial charge is 0.309 e. The van der Waals surface area contributed by atoms with Crippen LogP contribution in [0.1, 0.15) is 5.56 Å². The highest BCUT2D eigenvalue weighted by Crippen LogP contribution is 2.22. The number of aromatic nitrogens is 1. The van der Waals surface area contributed by atoms with Gasteiger partial charge in [0, 0.05) is 0 Å². The summed E-state index contributed by atoms with van der Waals surface area (Å²) < 4.78 is 32.3. The highest BCUT2D eigenvalue weighted by Gasteiger charge is 2.19. The first-order valence-electron chi connectivity index (χ1n) is 6.00. The molecule has 3 aromatic rings. The summed E-state index contributed by atoms with van der Waals surface area (Å²) in [5.74, 6) is 0. The number of oxazole rings is 1. The molecular formula is C14H12N2O3S. The van der Waals surface area contributed by atoms with Gasteiger partial charge in [0.15, 0.2) is 5.58 Å². The van der Waals surface area contributed by atoms with Gasteiger partial charge in [-0.2, -0.15) is 4.98 Å². The first-order valence-corrected chi connectivity index (χ1v) is 7.48. The normalized spacial score (nSPS) is 11.7. The van der Waals surface area contributed by atoms with Crippen molar-refractivity contribution in [2.75, 3.05) is 4.72 Å². The number of hydrogen-bond acceptors (Lipinski definition) is 4. The van der Waals surface area contributed by atoms with Crippen molar-refractivity contribution in [1.29, 1.82) is 0 Å². The number of fused-ring (bicyclic) bond motifs is 1. The van der Waals surface area contributed by atoms with Crippen molar-refractivity contribution in [1.82, 2.24) is 4.98 Å². The third-order valence-corrected chi connectivity index (χ3v) is 4.38. The number of rotatable bonds is 3. The van der Waals surface area contributed by atoms with E-state index in [4.69, 9.17) is 4.42 Å². The van der Waals surface area contributed by atoms with E-state index in [0.717, 1.165) is 0 Å². The van der Waals surface area contributed by atoms with Crippen molar-refractivity contribution in [3.05, 3.63) is 54.1 Å². The molecule has 3 rings (SSSR count). The number of nitrogens with one attached hydrogen (secondary N) is 1. The van der Waals surface area contributed by atoms with Crippen LogP contribution in [0.15, 0.2) is 57.8 Å². The van der Waals surface area contributed by atoms with Crippen molar-refractivity contribution >= 4 is 27.1 Å². The van der Waals surface area contributed by atoms with E-state index in [1.807, 2.05) is 6.07 Å². The third-order valence-electron chi connectivity index (χ3n) is 2.90. The van der Waals surface area contributed by atoms with Crippen LogP contribution in [0.5, 0.6) is 0 Å². The Balaban J connectivity index is 1.99. The Bertz CT molecular complexity index is 836. The van der Waals surface area contributed by atoms with Gasteiger partial charge in [-0.15, -0.1) is 0 Å². The van der Waals surface area contributed by atoms with Crippen LogP contribution < -0.4 is 4.72 Å². The Morgan fingerprint density at radius 3 is 2.50 bits per heavy atom. The van der Waals surface area contributed by atoms with Crippen molar-refractivity contribution in [3.63, 3.8) is 0 Å². The predicted octanol–water partition coefficient (Wildman–Crippen LogP) is 2.94. The fourth-order valence-electron chi connectivity index (χ4n) is 1.94. The van der Waals surface area contributed by atoms with Gasteiger partial charge in [0.05, 0.1) is 4.90 Å². The van der Waals surface area contributed by atoms with Gasteiger partial charge < -0.3 is 4.42 Å². The third kappa shape index (κ3) is 2.25. The molecule has 0 atom stereocenters. The second-order valence-electron chi connectivity index (χ2n) is 4.36. The molecule has 102 valence electrons. The van der Waals surface area contributed by atoms with Crippen molar-refractivity contribution in [2.24, 2.45) is 0 Å². The van der Waals surface area contributed by atoms with Gasteiger partial charge in [-0.1, -0.05) is 30.3 Å². The maximum atomic E-state index is 12.3. The SMILES string of the molecule is Cc1ccccc1S(=O)(=O)Nc1nc2ccccc2o1. The molecule has 0 aliphatic rings. The molecule has 0 radical (unpaired) electrons. The Kier molecular flexibility index (Phi) is 2.94. The van der Waals surface area contributed by atoms with Crippen LogP contribution in [0.2, 0.25) is 0 Å². The minimum atomic E-state index is -3.70. The number of hydrogen-bond donors (Lipinski definition) is 1. The second kappa shape index (κ2) is 4.64. The fourth-order valence-corrected chi connectivity index (χ4v) is 3.12. The molecule has 0 spiro atoms. The summed E-state index contributed by atoms with van der Waals surface area (Å²) in [6, 6.07) is 13.8. The number of anilines is 1. The molecule has 5 nitrogen and oxygen atoms in total. The zero-order valence-electron chi connectivity index (χ0n) is 10.7. The number of para-hydroxylation sites is 2. The highest BCUT2D eigenvalue weighted by molar-refractivity contribution is 7.92. The summed E-state index contributed by atoms with van der Waals surface area (Å²) in [5, 5.41) is 0. The van der Waals surface area contributed by atoms with Crippen LogP contribution >= 0.6 is 0 Å². The highest BCUT2D eigenvalue weighted by atomic mass is 32.2. The first kappa shape index (κ1) is 12.7. The number of aryl methyl sites for hydroxylation is 1. The number of sulfonamides is 1. The van der Waals surface area contributed by atoms with E-state index < -0.39 is 10.0 Å². The van der Waals surface area contributed by atoms with Crippen LogP contribution in [0.4, 0.5) is 6.01 Å². The lowest BCUT2D eigenvalue weighted by atomic mass is 10.2. The minimum absolute atomic E-state index is 0.0329. The summed E-state index contributed by atoms with van der Waals surface area (Å²) in [6.07, 6.45) is 0. The van der Waals surface area contributed by atoms with Crippen molar-refractivity contribution in [3.8, 4) is 0 Å². The predicted molar refractivity (Wildman–Crippen MR) is 76.0 cm³/mol. The largest absolute Gasteiger partial charge is 0.423 e. The van der Waals surface area contributed by atoms with Gasteiger partial charge in [-0.25, -0.2) is 13.1 Å². The molecule has 0 bridgehead atoms. The molecule has 20 heavy (non-hydrogen) atoms. The second-order valence-corrected chi connectivity index (χ2v) is 6.01. The molecule has 2 aromatic carbocycles. The molecule has 0 fully saturated rings. The van der Waals surface area contributed by atoms with Crippen LogP contribution in [-0.2, 0) is 10.0 Å². The van der Waals surface area contributed by atoms with Gasteiger partial charge in [-0.3, -0.25) is 0 Å². The van der Waals surface area contributed by atoms with Gasteiger partial charge in [-0.05, 0) is 30.7 Å². The minimum Gasteiger partial charge on any atom is -0.423 e. The summed E-state index contributed by atoms with van der Waals surface area (Å²) in [6.45, 7) is 1.74. The number of benzene rings is 2. The molecule has 0 aliphatic carbocycles. The van der Waals surface area contributed by atoms with E-state index in [9.17, 15) is 8.42 Å². The fraction of sp³-hybridized carbons (Fsp3) is 0.0714. The molecule has 0 amide bonds. The average molecular weight is 288 g/mol.